The lowest BCUT2D eigenvalue weighted by Crippen LogP contribution is -2.22. The van der Waals surface area contributed by atoms with Gasteiger partial charge in [-0.25, -0.2) is 9.87 Å². The average molecular weight is 344 g/mol. The molecule has 0 saturated carbocycles. The first-order chi connectivity index (χ1) is 12.0. The van der Waals surface area contributed by atoms with Gasteiger partial charge in [0.2, 0.25) is 0 Å². The van der Waals surface area contributed by atoms with Gasteiger partial charge in [-0.05, 0) is 30.7 Å². The highest BCUT2D eigenvalue weighted by Crippen LogP contribution is 2.33. The Bertz CT molecular complexity index is 905. The number of hydrogen-bond donors (Lipinski definition) is 3. The largest absolute Gasteiger partial charge is 0.351 e. The minimum Gasteiger partial charge on any atom is -0.351 e. The first-order valence-electron chi connectivity index (χ1n) is 7.93. The van der Waals surface area contributed by atoms with Crippen LogP contribution in [0.15, 0.2) is 36.7 Å². The van der Waals surface area contributed by atoms with Gasteiger partial charge in [0.1, 0.15) is 11.5 Å². The van der Waals surface area contributed by atoms with Crippen LogP contribution in [0.3, 0.4) is 0 Å². The van der Waals surface area contributed by atoms with Crippen molar-refractivity contribution in [1.29, 1.82) is 0 Å². The minimum atomic E-state index is -0.696. The van der Waals surface area contributed by atoms with E-state index in [1.165, 1.54) is 6.07 Å². The number of nitrogens with zero attached hydrogens (tertiary/aromatic N) is 2. The number of pyridine rings is 1. The van der Waals surface area contributed by atoms with Gasteiger partial charge < -0.3 is 9.88 Å². The van der Waals surface area contributed by atoms with Crippen molar-refractivity contribution in [2.24, 2.45) is 7.05 Å². The minimum absolute atomic E-state index is 0.176. The van der Waals surface area contributed by atoms with Gasteiger partial charge in [-0.3, -0.25) is 15.0 Å². The Morgan fingerprint density at radius 2 is 2.00 bits per heavy atom. The van der Waals surface area contributed by atoms with E-state index in [2.05, 4.69) is 10.3 Å². The van der Waals surface area contributed by atoms with Crippen LogP contribution in [0.25, 0.3) is 10.9 Å². The molecule has 0 aliphatic heterocycles. The van der Waals surface area contributed by atoms with Gasteiger partial charge in [0.15, 0.2) is 0 Å². The zero-order valence-corrected chi connectivity index (χ0v) is 14.6. The first kappa shape index (κ1) is 18.4. The molecule has 0 radical (unpaired) electrons. The Kier molecular flexibility index (Phi) is 5.71. The van der Waals surface area contributed by atoms with Crippen LogP contribution >= 0.6 is 0 Å². The molecule has 2 heterocycles. The van der Waals surface area contributed by atoms with Gasteiger partial charge >= 0.3 is 0 Å². The number of amides is 1. The normalized spacial score (nSPS) is 10.2. The molecule has 2 aromatic heterocycles. The number of hydroxylamine groups is 1. The highest BCUT2D eigenvalue weighted by molar-refractivity contribution is 6.09. The van der Waals surface area contributed by atoms with Crippen molar-refractivity contribution in [3.63, 3.8) is 0 Å². The lowest BCUT2D eigenvalue weighted by atomic mass is 10.2. The fourth-order valence-corrected chi connectivity index (χ4v) is 2.59. The van der Waals surface area contributed by atoms with E-state index in [4.69, 9.17) is 5.21 Å². The summed E-state index contributed by atoms with van der Waals surface area (Å²) in [6.45, 7) is 5.79. The Hall–Kier alpha value is -2.93. The molecular weight excluding hydrogens is 323 g/mol. The van der Waals surface area contributed by atoms with Gasteiger partial charge in [0.05, 0.1) is 16.9 Å². The quantitative estimate of drug-likeness (QED) is 0.497. The zero-order valence-electron chi connectivity index (χ0n) is 14.6. The molecule has 132 valence electrons. The van der Waals surface area contributed by atoms with E-state index in [0.29, 0.717) is 11.1 Å². The van der Waals surface area contributed by atoms with E-state index in [9.17, 15) is 9.18 Å². The van der Waals surface area contributed by atoms with Crippen LogP contribution in [0, 0.1) is 12.7 Å². The number of carbonyl (C=O) groups excluding carboxylic acids is 1. The van der Waals surface area contributed by atoms with Gasteiger partial charge in [0, 0.05) is 24.8 Å². The Morgan fingerprint density at radius 3 is 2.64 bits per heavy atom. The van der Waals surface area contributed by atoms with Gasteiger partial charge in [-0.2, -0.15) is 0 Å². The standard InChI is InChI=1S/C16H15FN4O2.C2H6/c1-9-3-4-12(11(17)7-9)19-14-10-8-18-6-5-13(10)21(2)15(14)16(22)20-23;1-2/h3-8,19,23H,1-2H3,(H,20,22);1-2H3. The molecule has 0 unspecified atom stereocenters. The second kappa shape index (κ2) is 7.76. The van der Waals surface area contributed by atoms with E-state index in [0.717, 1.165) is 11.1 Å². The average Bonchev–Trinajstić information content (AvgIpc) is 2.91. The van der Waals surface area contributed by atoms with E-state index >= 15 is 0 Å². The number of hydrogen-bond acceptors (Lipinski definition) is 4. The molecule has 3 rings (SSSR count). The fraction of sp³-hybridized carbons (Fsp3) is 0.222. The number of anilines is 2. The molecule has 3 N–H and O–H groups in total. The van der Waals surface area contributed by atoms with E-state index < -0.39 is 11.7 Å². The smallest absolute Gasteiger partial charge is 0.293 e. The number of fused-ring (bicyclic) bond motifs is 1. The molecule has 0 bridgehead atoms. The number of rotatable bonds is 3. The number of halogens is 1. The number of nitrogens with one attached hydrogen (secondary N) is 2. The van der Waals surface area contributed by atoms with Crippen LogP contribution in [-0.4, -0.2) is 20.7 Å². The monoisotopic (exact) mass is 344 g/mol. The summed E-state index contributed by atoms with van der Waals surface area (Å²) in [5.41, 5.74) is 3.93. The summed E-state index contributed by atoms with van der Waals surface area (Å²) >= 11 is 0. The zero-order chi connectivity index (χ0) is 18.6. The van der Waals surface area contributed by atoms with Crippen molar-refractivity contribution in [3.8, 4) is 0 Å². The van der Waals surface area contributed by atoms with Crippen LogP contribution in [0.1, 0.15) is 29.9 Å². The van der Waals surface area contributed by atoms with Gasteiger partial charge in [-0.1, -0.05) is 19.9 Å². The Morgan fingerprint density at radius 1 is 1.28 bits per heavy atom. The number of carbonyl (C=O) groups is 1. The molecule has 1 amide bonds. The molecule has 0 aliphatic carbocycles. The highest BCUT2D eigenvalue weighted by Gasteiger charge is 2.21. The molecule has 1 aromatic carbocycles. The summed E-state index contributed by atoms with van der Waals surface area (Å²) in [7, 11) is 1.68. The number of benzene rings is 1. The molecule has 25 heavy (non-hydrogen) atoms. The third-order valence-electron chi connectivity index (χ3n) is 3.70. The van der Waals surface area contributed by atoms with Gasteiger partial charge in [-0.15, -0.1) is 0 Å². The van der Waals surface area contributed by atoms with Crippen molar-refractivity contribution >= 4 is 28.2 Å². The Balaban J connectivity index is 0.00000109. The fourth-order valence-electron chi connectivity index (χ4n) is 2.59. The SMILES string of the molecule is CC.Cc1ccc(Nc2c(C(=O)NO)n(C)c3ccncc23)c(F)c1. The predicted octanol–water partition coefficient (Wildman–Crippen LogP) is 3.91. The van der Waals surface area contributed by atoms with E-state index in [-0.39, 0.29) is 11.4 Å². The highest BCUT2D eigenvalue weighted by atomic mass is 19.1. The van der Waals surface area contributed by atoms with E-state index in [1.807, 2.05) is 13.8 Å². The number of aryl methyl sites for hydroxylation is 2. The van der Waals surface area contributed by atoms with Crippen molar-refractivity contribution in [2.75, 3.05) is 5.32 Å². The predicted molar refractivity (Wildman–Crippen MR) is 95.7 cm³/mol. The third kappa shape index (κ3) is 3.46. The summed E-state index contributed by atoms with van der Waals surface area (Å²) in [5, 5.41) is 12.6. The molecule has 7 heteroatoms. The Labute approximate surface area is 145 Å². The summed E-state index contributed by atoms with van der Waals surface area (Å²) in [6.07, 6.45) is 3.18. The molecule has 0 spiro atoms. The van der Waals surface area contributed by atoms with E-state index in [1.54, 1.807) is 54.6 Å². The van der Waals surface area contributed by atoms with Crippen LogP contribution in [0.4, 0.5) is 15.8 Å². The second-order valence-corrected chi connectivity index (χ2v) is 5.22. The first-order valence-corrected chi connectivity index (χ1v) is 7.93. The van der Waals surface area contributed by atoms with Crippen molar-refractivity contribution < 1.29 is 14.4 Å². The number of aromatic nitrogens is 2. The maximum atomic E-state index is 14.1. The summed E-state index contributed by atoms with van der Waals surface area (Å²) in [4.78, 5) is 16.1. The van der Waals surface area contributed by atoms with Crippen LogP contribution in [0.2, 0.25) is 0 Å². The summed E-state index contributed by atoms with van der Waals surface area (Å²) in [5.74, 6) is -1.13. The molecule has 3 aromatic rings. The van der Waals surface area contributed by atoms with Crippen LogP contribution in [-0.2, 0) is 7.05 Å². The summed E-state index contributed by atoms with van der Waals surface area (Å²) in [6, 6.07) is 6.50. The van der Waals surface area contributed by atoms with Crippen molar-refractivity contribution in [2.45, 2.75) is 20.8 Å². The lowest BCUT2D eigenvalue weighted by Gasteiger charge is -2.10. The molecule has 0 fully saturated rings. The molecule has 0 saturated heterocycles. The van der Waals surface area contributed by atoms with Crippen molar-refractivity contribution in [3.05, 3.63) is 53.7 Å². The second-order valence-electron chi connectivity index (χ2n) is 5.22. The maximum Gasteiger partial charge on any atom is 0.293 e. The topological polar surface area (TPSA) is 79.2 Å². The van der Waals surface area contributed by atoms with Crippen LogP contribution in [0.5, 0.6) is 0 Å². The molecular formula is C18H21FN4O2. The molecule has 6 nitrogen and oxygen atoms in total. The van der Waals surface area contributed by atoms with Crippen LogP contribution < -0.4 is 10.8 Å². The molecule has 0 aliphatic rings. The maximum absolute atomic E-state index is 14.1. The summed E-state index contributed by atoms with van der Waals surface area (Å²) < 4.78 is 15.7. The third-order valence-corrected chi connectivity index (χ3v) is 3.70. The van der Waals surface area contributed by atoms with Gasteiger partial charge in [0.25, 0.3) is 5.91 Å². The van der Waals surface area contributed by atoms with Crippen molar-refractivity contribution in [1.82, 2.24) is 15.0 Å². The molecule has 0 atom stereocenters. The lowest BCUT2D eigenvalue weighted by molar-refractivity contribution is 0.0698.